The summed E-state index contributed by atoms with van der Waals surface area (Å²) in [6.07, 6.45) is 0. The van der Waals surface area contributed by atoms with Crippen LogP contribution in [0.25, 0.3) is 0 Å². The van der Waals surface area contributed by atoms with E-state index in [-0.39, 0.29) is 0 Å². The van der Waals surface area contributed by atoms with Gasteiger partial charge < -0.3 is 19.9 Å². The predicted molar refractivity (Wildman–Crippen MR) is 155 cm³/mol. The van der Waals surface area contributed by atoms with Crippen LogP contribution in [-0.2, 0) is 0 Å². The van der Waals surface area contributed by atoms with Gasteiger partial charge in [0.05, 0.1) is 0 Å². The fourth-order valence-corrected chi connectivity index (χ4v) is 7.27. The number of rotatable bonds is 8. The van der Waals surface area contributed by atoms with Crippen molar-refractivity contribution in [3.8, 4) is 0 Å². The molecule has 6 heteroatoms. The molecule has 0 aliphatic rings. The molecule has 4 rings (SSSR count). The Morgan fingerprint density at radius 1 is 0.324 bits per heavy atom. The molecule has 0 fully saturated rings. The molecule has 0 aliphatic carbocycles. The predicted octanol–water partition coefficient (Wildman–Crippen LogP) is 7.82. The quantitative estimate of drug-likeness (QED) is 0.193. The monoisotopic (exact) mass is 484 g/mol. The Morgan fingerprint density at radius 2 is 0.500 bits per heavy atom. The molecule has 4 nitrogen and oxygen atoms in total. The maximum Gasteiger partial charge on any atom is 0.252 e. The lowest BCUT2D eigenvalue weighted by Crippen LogP contribution is -2.45. The molecule has 0 saturated heterocycles. The summed E-state index contributed by atoms with van der Waals surface area (Å²) in [5, 5.41) is 0. The number of hydrogen-bond acceptors (Lipinski definition) is 4. The van der Waals surface area contributed by atoms with Crippen molar-refractivity contribution in [3.05, 3.63) is 121 Å². The Labute approximate surface area is 206 Å². The van der Waals surface area contributed by atoms with Gasteiger partial charge >= 0.3 is 0 Å². The molecule has 4 aromatic carbocycles. The Balaban J connectivity index is 0.000000191. The first-order valence-electron chi connectivity index (χ1n) is 11.6. The van der Waals surface area contributed by atoms with E-state index < -0.39 is 16.8 Å². The summed E-state index contributed by atoms with van der Waals surface area (Å²) < 4.78 is 0. The molecule has 0 amide bonds. The lowest BCUT2D eigenvalue weighted by atomic mass is 10.3. The van der Waals surface area contributed by atoms with Crippen molar-refractivity contribution in [2.75, 3.05) is 19.9 Å². The Kier molecular flexibility index (Phi) is 8.96. The topological polar surface area (TPSA) is 48.1 Å². The lowest BCUT2D eigenvalue weighted by molar-refractivity contribution is 1.52. The number of hydrogen-bond donors (Lipinski definition) is 4. The maximum atomic E-state index is 3.59. The van der Waals surface area contributed by atoms with Crippen molar-refractivity contribution in [1.82, 2.24) is 0 Å². The van der Waals surface area contributed by atoms with Gasteiger partial charge in [0.25, 0.3) is 16.8 Å². The summed E-state index contributed by atoms with van der Waals surface area (Å²) in [6, 6.07) is 41.3. The van der Waals surface area contributed by atoms with Crippen LogP contribution in [0.3, 0.4) is 0 Å². The van der Waals surface area contributed by atoms with Crippen molar-refractivity contribution in [2.45, 2.75) is 26.2 Å². The van der Waals surface area contributed by atoms with Crippen LogP contribution in [0.1, 0.15) is 0 Å². The molecule has 4 N–H and O–H groups in total. The highest BCUT2D eigenvalue weighted by Crippen LogP contribution is 2.16. The third-order valence-corrected chi connectivity index (χ3v) is 8.58. The minimum atomic E-state index is -1.68. The second-order valence-electron chi connectivity index (χ2n) is 9.21. The molecule has 0 aromatic heterocycles. The smallest absolute Gasteiger partial charge is 0.252 e. The lowest BCUT2D eigenvalue weighted by Gasteiger charge is -2.27. The fraction of sp³-hybridized carbons (Fsp3) is 0.143. The minimum absolute atomic E-state index is 1.17. The largest absolute Gasteiger partial charge is 0.395 e. The highest BCUT2D eigenvalue weighted by Gasteiger charge is 2.22. The Hall–Kier alpha value is -3.49. The zero-order chi connectivity index (χ0) is 24.3. The summed E-state index contributed by atoms with van der Waals surface area (Å²) in [5.74, 6) is 0. The molecule has 0 heterocycles. The van der Waals surface area contributed by atoms with Crippen molar-refractivity contribution in [1.29, 1.82) is 0 Å². The number of benzene rings is 4. The van der Waals surface area contributed by atoms with E-state index in [0.29, 0.717) is 0 Å². The third-order valence-electron chi connectivity index (χ3n) is 4.92. The molecule has 0 bridgehead atoms. The van der Waals surface area contributed by atoms with Gasteiger partial charge in [-0.3, -0.25) is 0 Å². The Bertz CT molecular complexity index is 912. The molecule has 0 unspecified atom stereocenters. The zero-order valence-corrected chi connectivity index (χ0v) is 22.5. The number of nitrogens with one attached hydrogen (secondary N) is 4. The molecular weight excluding hydrogens is 449 g/mol. The van der Waals surface area contributed by atoms with Gasteiger partial charge in [0.15, 0.2) is 0 Å². The van der Waals surface area contributed by atoms with E-state index >= 15 is 0 Å². The van der Waals surface area contributed by atoms with E-state index in [0.717, 1.165) is 0 Å². The van der Waals surface area contributed by atoms with E-state index in [1.165, 1.54) is 22.7 Å². The van der Waals surface area contributed by atoms with Crippen molar-refractivity contribution in [3.63, 3.8) is 0 Å². The second kappa shape index (κ2) is 12.1. The second-order valence-corrected chi connectivity index (χ2v) is 16.7. The molecule has 0 spiro atoms. The van der Waals surface area contributed by atoms with Gasteiger partial charge in [0.2, 0.25) is 0 Å². The van der Waals surface area contributed by atoms with Crippen molar-refractivity contribution < 1.29 is 0 Å². The van der Waals surface area contributed by atoms with E-state index in [4.69, 9.17) is 0 Å². The SMILES string of the molecule is C[Si](C)(Nc1ccccc1)Nc1ccccc1.C[Si](C)(Nc1ccccc1)Nc1ccccc1. The van der Waals surface area contributed by atoms with Crippen LogP contribution in [0.2, 0.25) is 26.2 Å². The van der Waals surface area contributed by atoms with Gasteiger partial charge in [0, 0.05) is 22.7 Å². The van der Waals surface area contributed by atoms with Crippen LogP contribution in [0.15, 0.2) is 121 Å². The highest BCUT2D eigenvalue weighted by atomic mass is 28.4. The van der Waals surface area contributed by atoms with Gasteiger partial charge in [-0.05, 0) is 74.7 Å². The zero-order valence-electron chi connectivity index (χ0n) is 20.5. The van der Waals surface area contributed by atoms with Gasteiger partial charge in [-0.15, -0.1) is 0 Å². The van der Waals surface area contributed by atoms with Crippen molar-refractivity contribution >= 4 is 39.5 Å². The molecular formula is C28H36N4Si2. The van der Waals surface area contributed by atoms with Crippen LogP contribution < -0.4 is 19.9 Å². The molecule has 0 atom stereocenters. The van der Waals surface area contributed by atoms with Gasteiger partial charge in [-0.25, -0.2) is 0 Å². The van der Waals surface area contributed by atoms with Gasteiger partial charge in [-0.2, -0.15) is 0 Å². The van der Waals surface area contributed by atoms with Crippen LogP contribution in [0.4, 0.5) is 22.7 Å². The average Bonchev–Trinajstić information content (AvgIpc) is 2.81. The standard InChI is InChI=1S/2C14H18N2Si/c2*1-17(2,15-13-9-5-3-6-10-13)16-14-11-7-4-8-12-14/h2*3-12,15-16H,1-2H3. The number of para-hydroxylation sites is 4. The first-order chi connectivity index (χ1) is 16.3. The van der Waals surface area contributed by atoms with Gasteiger partial charge in [-0.1, -0.05) is 72.8 Å². The Morgan fingerprint density at radius 3 is 0.676 bits per heavy atom. The first kappa shape index (κ1) is 25.1. The highest BCUT2D eigenvalue weighted by molar-refractivity contribution is 6.83. The summed E-state index contributed by atoms with van der Waals surface area (Å²) in [7, 11) is -3.37. The summed E-state index contributed by atoms with van der Waals surface area (Å²) >= 11 is 0. The average molecular weight is 485 g/mol. The fourth-order valence-electron chi connectivity index (χ4n) is 3.59. The third kappa shape index (κ3) is 9.17. The molecule has 4 aromatic rings. The van der Waals surface area contributed by atoms with Crippen LogP contribution in [0.5, 0.6) is 0 Å². The molecule has 176 valence electrons. The molecule has 34 heavy (non-hydrogen) atoms. The van der Waals surface area contributed by atoms with E-state index in [2.05, 4.69) is 143 Å². The van der Waals surface area contributed by atoms with E-state index in [9.17, 15) is 0 Å². The molecule has 0 radical (unpaired) electrons. The molecule has 0 saturated carbocycles. The summed E-state index contributed by atoms with van der Waals surface area (Å²) in [4.78, 5) is 14.4. The minimum Gasteiger partial charge on any atom is -0.395 e. The van der Waals surface area contributed by atoms with Crippen molar-refractivity contribution in [2.24, 2.45) is 0 Å². The number of anilines is 4. The van der Waals surface area contributed by atoms with Crippen LogP contribution >= 0.6 is 0 Å². The van der Waals surface area contributed by atoms with E-state index in [1.54, 1.807) is 0 Å². The van der Waals surface area contributed by atoms with Gasteiger partial charge in [0.1, 0.15) is 0 Å². The van der Waals surface area contributed by atoms with Crippen LogP contribution in [0, 0.1) is 0 Å². The van der Waals surface area contributed by atoms with Crippen LogP contribution in [-0.4, -0.2) is 16.8 Å². The summed E-state index contributed by atoms with van der Waals surface area (Å²) in [5.41, 5.74) is 4.69. The maximum absolute atomic E-state index is 3.59. The van der Waals surface area contributed by atoms with E-state index in [1.807, 2.05) is 24.3 Å². The normalized spacial score (nSPS) is 10.9. The molecule has 0 aliphatic heterocycles. The summed E-state index contributed by atoms with van der Waals surface area (Å²) in [6.45, 7) is 9.03. The first-order valence-corrected chi connectivity index (χ1v) is 17.6.